The highest BCUT2D eigenvalue weighted by Gasteiger charge is 2.25. The summed E-state index contributed by atoms with van der Waals surface area (Å²) in [6.45, 7) is 0.725. The lowest BCUT2D eigenvalue weighted by atomic mass is 9.81. The summed E-state index contributed by atoms with van der Waals surface area (Å²) < 4.78 is 10.6. The van der Waals surface area contributed by atoms with Crippen LogP contribution in [0.2, 0.25) is 0 Å². The highest BCUT2D eigenvalue weighted by Crippen LogP contribution is 2.34. The second-order valence-corrected chi connectivity index (χ2v) is 5.60. The number of benzene rings is 1. The summed E-state index contributed by atoms with van der Waals surface area (Å²) in [7, 11) is 3.38. The van der Waals surface area contributed by atoms with Crippen LogP contribution < -0.4 is 5.32 Å². The van der Waals surface area contributed by atoms with Crippen molar-refractivity contribution in [2.75, 3.05) is 20.8 Å². The van der Waals surface area contributed by atoms with E-state index < -0.39 is 0 Å². The van der Waals surface area contributed by atoms with Gasteiger partial charge >= 0.3 is 0 Å². The summed E-state index contributed by atoms with van der Waals surface area (Å²) in [5.74, 6) is 0.723. The molecule has 1 aromatic rings. The standard InChI is InChI=1S/C17H27NO2/c1-19-16(20-2)13-18-17(14-9-5-3-6-10-14)15-11-7-4-8-12-15/h3,5-6,9-10,15-18H,4,7-8,11-13H2,1-2H3. The van der Waals surface area contributed by atoms with Crippen LogP contribution in [0.4, 0.5) is 0 Å². The van der Waals surface area contributed by atoms with Crippen LogP contribution in [0.3, 0.4) is 0 Å². The zero-order valence-electron chi connectivity index (χ0n) is 12.7. The molecule has 0 aromatic heterocycles. The number of nitrogens with one attached hydrogen (secondary N) is 1. The van der Waals surface area contributed by atoms with Gasteiger partial charge in [0.1, 0.15) is 0 Å². The minimum Gasteiger partial charge on any atom is -0.355 e. The maximum Gasteiger partial charge on any atom is 0.169 e. The topological polar surface area (TPSA) is 30.5 Å². The Bertz CT molecular complexity index is 359. The van der Waals surface area contributed by atoms with Crippen LogP contribution in [0.15, 0.2) is 30.3 Å². The number of hydrogen-bond donors (Lipinski definition) is 1. The van der Waals surface area contributed by atoms with Crippen LogP contribution in [-0.2, 0) is 9.47 Å². The fraction of sp³-hybridized carbons (Fsp3) is 0.647. The minimum atomic E-state index is -0.176. The Hall–Kier alpha value is -0.900. The van der Waals surface area contributed by atoms with Gasteiger partial charge in [-0.05, 0) is 24.3 Å². The largest absolute Gasteiger partial charge is 0.355 e. The van der Waals surface area contributed by atoms with E-state index in [9.17, 15) is 0 Å². The van der Waals surface area contributed by atoms with Gasteiger partial charge in [-0.2, -0.15) is 0 Å². The van der Waals surface area contributed by atoms with Crippen molar-refractivity contribution in [3.63, 3.8) is 0 Å². The van der Waals surface area contributed by atoms with E-state index in [1.165, 1.54) is 37.7 Å². The van der Waals surface area contributed by atoms with E-state index in [0.717, 1.165) is 12.5 Å². The molecule has 1 unspecified atom stereocenters. The van der Waals surface area contributed by atoms with Gasteiger partial charge in [0, 0.05) is 26.8 Å². The number of methoxy groups -OCH3 is 2. The summed E-state index contributed by atoms with van der Waals surface area (Å²) in [6.07, 6.45) is 6.55. The van der Waals surface area contributed by atoms with Crippen molar-refractivity contribution in [3.8, 4) is 0 Å². The first-order valence-corrected chi connectivity index (χ1v) is 7.69. The average molecular weight is 277 g/mol. The molecule has 1 aliphatic carbocycles. The molecular weight excluding hydrogens is 250 g/mol. The molecular formula is C17H27NO2. The predicted molar refractivity (Wildman–Crippen MR) is 81.6 cm³/mol. The van der Waals surface area contributed by atoms with Gasteiger partial charge in [-0.25, -0.2) is 0 Å². The van der Waals surface area contributed by atoms with Crippen LogP contribution in [0.1, 0.15) is 43.7 Å². The maximum atomic E-state index is 5.29. The van der Waals surface area contributed by atoms with Crippen molar-refractivity contribution in [1.82, 2.24) is 5.32 Å². The van der Waals surface area contributed by atoms with E-state index in [0.29, 0.717) is 6.04 Å². The molecule has 1 aliphatic rings. The first-order valence-electron chi connectivity index (χ1n) is 7.69. The molecule has 3 heteroatoms. The Morgan fingerprint density at radius 1 is 1.05 bits per heavy atom. The second-order valence-electron chi connectivity index (χ2n) is 5.60. The van der Waals surface area contributed by atoms with Crippen LogP contribution in [0.5, 0.6) is 0 Å². The molecule has 1 N–H and O–H groups in total. The molecule has 0 bridgehead atoms. The van der Waals surface area contributed by atoms with Crippen LogP contribution in [0, 0.1) is 5.92 Å². The van der Waals surface area contributed by atoms with Gasteiger partial charge in [0.05, 0.1) is 0 Å². The van der Waals surface area contributed by atoms with Gasteiger partial charge in [-0.1, -0.05) is 49.6 Å². The molecule has 0 spiro atoms. The lowest BCUT2D eigenvalue weighted by molar-refractivity contribution is -0.101. The van der Waals surface area contributed by atoms with E-state index in [-0.39, 0.29) is 6.29 Å². The van der Waals surface area contributed by atoms with Crippen LogP contribution in [-0.4, -0.2) is 27.1 Å². The molecule has 0 radical (unpaired) electrons. The minimum absolute atomic E-state index is 0.176. The van der Waals surface area contributed by atoms with Gasteiger partial charge < -0.3 is 14.8 Å². The maximum absolute atomic E-state index is 5.29. The lowest BCUT2D eigenvalue weighted by Crippen LogP contribution is -2.36. The third-order valence-electron chi connectivity index (χ3n) is 4.31. The Labute approximate surface area is 122 Å². The Kier molecular flexibility index (Phi) is 6.51. The molecule has 2 rings (SSSR count). The number of hydrogen-bond acceptors (Lipinski definition) is 3. The normalized spacial score (nSPS) is 18.4. The summed E-state index contributed by atoms with van der Waals surface area (Å²) in [6, 6.07) is 11.2. The molecule has 1 fully saturated rings. The van der Waals surface area contributed by atoms with Crippen molar-refractivity contribution in [3.05, 3.63) is 35.9 Å². The molecule has 0 amide bonds. The van der Waals surface area contributed by atoms with Crippen molar-refractivity contribution in [2.45, 2.75) is 44.4 Å². The molecule has 1 saturated carbocycles. The predicted octanol–water partition coefficient (Wildman–Crippen LogP) is 3.52. The molecule has 0 saturated heterocycles. The zero-order valence-corrected chi connectivity index (χ0v) is 12.7. The fourth-order valence-electron chi connectivity index (χ4n) is 3.17. The first-order chi connectivity index (χ1) is 9.85. The molecule has 3 nitrogen and oxygen atoms in total. The highest BCUT2D eigenvalue weighted by molar-refractivity contribution is 5.20. The lowest BCUT2D eigenvalue weighted by Gasteiger charge is -2.32. The summed E-state index contributed by atoms with van der Waals surface area (Å²) in [5.41, 5.74) is 1.38. The Morgan fingerprint density at radius 3 is 2.30 bits per heavy atom. The third-order valence-corrected chi connectivity index (χ3v) is 4.31. The van der Waals surface area contributed by atoms with Crippen molar-refractivity contribution in [2.24, 2.45) is 5.92 Å². The smallest absolute Gasteiger partial charge is 0.169 e. The summed E-state index contributed by atoms with van der Waals surface area (Å²) >= 11 is 0. The van der Waals surface area contributed by atoms with Gasteiger partial charge in [0.2, 0.25) is 0 Å². The molecule has 1 aromatic carbocycles. The van der Waals surface area contributed by atoms with Crippen molar-refractivity contribution >= 4 is 0 Å². The molecule has 1 atom stereocenters. The van der Waals surface area contributed by atoms with Crippen molar-refractivity contribution < 1.29 is 9.47 Å². The van der Waals surface area contributed by atoms with E-state index >= 15 is 0 Å². The third kappa shape index (κ3) is 4.30. The van der Waals surface area contributed by atoms with Gasteiger partial charge in [-0.15, -0.1) is 0 Å². The molecule has 112 valence electrons. The summed E-state index contributed by atoms with van der Waals surface area (Å²) in [4.78, 5) is 0. The zero-order chi connectivity index (χ0) is 14.2. The van der Waals surface area contributed by atoms with E-state index in [4.69, 9.17) is 9.47 Å². The van der Waals surface area contributed by atoms with Gasteiger partial charge in [0.25, 0.3) is 0 Å². The van der Waals surface area contributed by atoms with Crippen LogP contribution in [0.25, 0.3) is 0 Å². The number of ether oxygens (including phenoxy) is 2. The Balaban J connectivity index is 2.03. The fourth-order valence-corrected chi connectivity index (χ4v) is 3.17. The van der Waals surface area contributed by atoms with Gasteiger partial charge in [0.15, 0.2) is 6.29 Å². The quantitative estimate of drug-likeness (QED) is 0.774. The first kappa shape index (κ1) is 15.5. The second kappa shape index (κ2) is 8.40. The highest BCUT2D eigenvalue weighted by atomic mass is 16.7. The van der Waals surface area contributed by atoms with E-state index in [2.05, 4.69) is 35.6 Å². The van der Waals surface area contributed by atoms with Crippen molar-refractivity contribution in [1.29, 1.82) is 0 Å². The van der Waals surface area contributed by atoms with Crippen LogP contribution >= 0.6 is 0 Å². The molecule has 20 heavy (non-hydrogen) atoms. The van der Waals surface area contributed by atoms with E-state index in [1.54, 1.807) is 14.2 Å². The van der Waals surface area contributed by atoms with E-state index in [1.807, 2.05) is 0 Å². The summed E-state index contributed by atoms with van der Waals surface area (Å²) in [5, 5.41) is 3.66. The monoisotopic (exact) mass is 277 g/mol. The number of rotatable bonds is 7. The molecule has 0 heterocycles. The van der Waals surface area contributed by atoms with Gasteiger partial charge in [-0.3, -0.25) is 0 Å². The Morgan fingerprint density at radius 2 is 1.70 bits per heavy atom. The SMILES string of the molecule is COC(CNC(c1ccccc1)C1CCCCC1)OC. The molecule has 0 aliphatic heterocycles. The average Bonchev–Trinajstić information content (AvgIpc) is 2.53.